The first-order valence-electron chi connectivity index (χ1n) is 9.98. The average molecular weight is 396 g/mol. The molecule has 29 heavy (non-hydrogen) atoms. The fourth-order valence-electron chi connectivity index (χ4n) is 3.82. The maximum absolute atomic E-state index is 5.13. The van der Waals surface area contributed by atoms with Gasteiger partial charge < -0.3 is 19.9 Å². The van der Waals surface area contributed by atoms with Crippen molar-refractivity contribution in [1.82, 2.24) is 34.9 Å². The number of methoxy groups -OCH3 is 1. The minimum absolute atomic E-state index is 0.265. The molecule has 0 aliphatic carbocycles. The number of para-hydroxylation sites is 2. The van der Waals surface area contributed by atoms with Crippen molar-refractivity contribution < 1.29 is 4.74 Å². The molecule has 0 saturated heterocycles. The molecule has 0 fully saturated rings. The van der Waals surface area contributed by atoms with Crippen LogP contribution < -0.4 is 10.6 Å². The van der Waals surface area contributed by atoms with Gasteiger partial charge in [0.15, 0.2) is 11.8 Å². The van der Waals surface area contributed by atoms with Gasteiger partial charge in [-0.1, -0.05) is 12.1 Å². The van der Waals surface area contributed by atoms with Crippen LogP contribution in [0.1, 0.15) is 23.9 Å². The minimum atomic E-state index is 0.265. The lowest BCUT2D eigenvalue weighted by atomic mass is 10.1. The number of aryl methyl sites for hydroxylation is 2. The van der Waals surface area contributed by atoms with E-state index in [9.17, 15) is 0 Å². The van der Waals surface area contributed by atoms with E-state index in [2.05, 4.69) is 41.3 Å². The highest BCUT2D eigenvalue weighted by Gasteiger charge is 2.22. The van der Waals surface area contributed by atoms with Gasteiger partial charge in [0, 0.05) is 39.7 Å². The Balaban J connectivity index is 1.32. The third-order valence-electron chi connectivity index (χ3n) is 5.21. The van der Waals surface area contributed by atoms with E-state index in [1.54, 1.807) is 14.2 Å². The number of benzene rings is 1. The number of imidazole rings is 1. The molecule has 1 aliphatic heterocycles. The SMILES string of the molecule is CN=C(NCCn1c(C)nc2ccccc21)NC1CCc2nc(COC)nn2C1. The Morgan fingerprint density at radius 1 is 1.31 bits per heavy atom. The molecular weight excluding hydrogens is 368 g/mol. The van der Waals surface area contributed by atoms with Gasteiger partial charge in [-0.05, 0) is 25.5 Å². The van der Waals surface area contributed by atoms with Crippen molar-refractivity contribution in [2.45, 2.75) is 45.5 Å². The number of guanidine groups is 1. The van der Waals surface area contributed by atoms with Crippen LogP contribution in [0.25, 0.3) is 11.0 Å². The van der Waals surface area contributed by atoms with Crippen molar-refractivity contribution in [1.29, 1.82) is 0 Å². The van der Waals surface area contributed by atoms with E-state index in [1.165, 1.54) is 0 Å². The minimum Gasteiger partial charge on any atom is -0.377 e. The normalized spacial score (nSPS) is 16.8. The highest BCUT2D eigenvalue weighted by Crippen LogP contribution is 2.15. The molecular formula is C20H28N8O. The summed E-state index contributed by atoms with van der Waals surface area (Å²) in [5.74, 6) is 3.60. The van der Waals surface area contributed by atoms with Crippen molar-refractivity contribution in [3.8, 4) is 0 Å². The number of hydrogen-bond donors (Lipinski definition) is 2. The molecule has 0 bridgehead atoms. The fourth-order valence-corrected chi connectivity index (χ4v) is 3.82. The van der Waals surface area contributed by atoms with Gasteiger partial charge in [-0.2, -0.15) is 5.10 Å². The Morgan fingerprint density at radius 2 is 2.17 bits per heavy atom. The van der Waals surface area contributed by atoms with Crippen molar-refractivity contribution in [2.75, 3.05) is 20.7 Å². The van der Waals surface area contributed by atoms with E-state index in [0.717, 1.165) is 66.9 Å². The van der Waals surface area contributed by atoms with E-state index in [4.69, 9.17) is 4.74 Å². The summed E-state index contributed by atoms with van der Waals surface area (Å²) >= 11 is 0. The molecule has 9 nitrogen and oxygen atoms in total. The lowest BCUT2D eigenvalue weighted by molar-refractivity contribution is 0.177. The zero-order valence-corrected chi connectivity index (χ0v) is 17.2. The number of hydrogen-bond acceptors (Lipinski definition) is 5. The zero-order chi connectivity index (χ0) is 20.2. The highest BCUT2D eigenvalue weighted by molar-refractivity contribution is 5.80. The average Bonchev–Trinajstić information content (AvgIpc) is 3.27. The van der Waals surface area contributed by atoms with E-state index >= 15 is 0 Å². The summed E-state index contributed by atoms with van der Waals surface area (Å²) in [7, 11) is 3.46. The molecule has 0 amide bonds. The number of nitrogens with one attached hydrogen (secondary N) is 2. The first kappa shape index (κ1) is 19.4. The van der Waals surface area contributed by atoms with Gasteiger partial charge in [-0.3, -0.25) is 4.99 Å². The largest absolute Gasteiger partial charge is 0.377 e. The maximum atomic E-state index is 5.13. The number of nitrogens with zero attached hydrogens (tertiary/aromatic N) is 6. The molecule has 1 aromatic carbocycles. The molecule has 2 N–H and O–H groups in total. The second-order valence-electron chi connectivity index (χ2n) is 7.24. The van der Waals surface area contributed by atoms with Gasteiger partial charge in [-0.25, -0.2) is 14.6 Å². The molecule has 0 saturated carbocycles. The van der Waals surface area contributed by atoms with Gasteiger partial charge >= 0.3 is 0 Å². The first-order chi connectivity index (χ1) is 14.2. The third-order valence-corrected chi connectivity index (χ3v) is 5.21. The lowest BCUT2D eigenvalue weighted by Gasteiger charge is -2.25. The summed E-state index contributed by atoms with van der Waals surface area (Å²) in [6.45, 7) is 4.86. The number of ether oxygens (including phenoxy) is 1. The predicted octanol–water partition coefficient (Wildman–Crippen LogP) is 1.26. The van der Waals surface area contributed by atoms with Crippen LogP contribution in [0.4, 0.5) is 0 Å². The molecule has 3 aromatic rings. The monoisotopic (exact) mass is 396 g/mol. The Bertz CT molecular complexity index is 1010. The molecule has 0 radical (unpaired) electrons. The summed E-state index contributed by atoms with van der Waals surface area (Å²) in [5, 5.41) is 11.5. The van der Waals surface area contributed by atoms with Gasteiger partial charge in [0.2, 0.25) is 0 Å². The van der Waals surface area contributed by atoms with Crippen molar-refractivity contribution in [2.24, 2.45) is 4.99 Å². The summed E-state index contributed by atoms with van der Waals surface area (Å²) in [5.41, 5.74) is 2.19. The Kier molecular flexibility index (Phi) is 5.75. The molecule has 9 heteroatoms. The Morgan fingerprint density at radius 3 is 3.00 bits per heavy atom. The second kappa shape index (κ2) is 8.60. The number of rotatable bonds is 6. The maximum Gasteiger partial charge on any atom is 0.191 e. The van der Waals surface area contributed by atoms with Gasteiger partial charge in [0.1, 0.15) is 18.3 Å². The smallest absolute Gasteiger partial charge is 0.191 e. The molecule has 3 heterocycles. The van der Waals surface area contributed by atoms with E-state index < -0.39 is 0 Å². The molecule has 154 valence electrons. The van der Waals surface area contributed by atoms with Crippen molar-refractivity contribution in [3.05, 3.63) is 41.7 Å². The van der Waals surface area contributed by atoms with Gasteiger partial charge in [0.05, 0.1) is 17.6 Å². The standard InChI is InChI=1S/C20H28N8O/c1-14-23-16-6-4-5-7-17(16)27(14)11-10-22-20(21-2)24-15-8-9-19-25-18(13-29-3)26-28(19)12-15/h4-7,15H,8-13H2,1-3H3,(H2,21,22,24). The van der Waals surface area contributed by atoms with Crippen LogP contribution in [0.5, 0.6) is 0 Å². The zero-order valence-electron chi connectivity index (χ0n) is 17.2. The summed E-state index contributed by atoms with van der Waals surface area (Å²) in [4.78, 5) is 13.5. The van der Waals surface area contributed by atoms with Crippen molar-refractivity contribution in [3.63, 3.8) is 0 Å². The fraction of sp³-hybridized carbons (Fsp3) is 0.500. The second-order valence-corrected chi connectivity index (χ2v) is 7.24. The van der Waals surface area contributed by atoms with Crippen LogP contribution in [-0.2, 0) is 30.9 Å². The molecule has 1 unspecified atom stereocenters. The summed E-state index contributed by atoms with van der Waals surface area (Å²) < 4.78 is 9.34. The third kappa shape index (κ3) is 4.24. The summed E-state index contributed by atoms with van der Waals surface area (Å²) in [6, 6.07) is 8.49. The van der Waals surface area contributed by atoms with Crippen LogP contribution >= 0.6 is 0 Å². The van der Waals surface area contributed by atoms with Crippen LogP contribution in [-0.4, -0.2) is 57.0 Å². The highest BCUT2D eigenvalue weighted by atomic mass is 16.5. The number of aromatic nitrogens is 5. The molecule has 2 aromatic heterocycles. The summed E-state index contributed by atoms with van der Waals surface area (Å²) in [6.07, 6.45) is 1.89. The van der Waals surface area contributed by atoms with Gasteiger partial charge in [0.25, 0.3) is 0 Å². The van der Waals surface area contributed by atoms with Crippen LogP contribution in [0.3, 0.4) is 0 Å². The Labute approximate surface area is 170 Å². The van der Waals surface area contributed by atoms with E-state index in [0.29, 0.717) is 6.61 Å². The molecule has 1 atom stereocenters. The number of aliphatic imine (C=N–C) groups is 1. The van der Waals surface area contributed by atoms with Crippen LogP contribution in [0, 0.1) is 6.92 Å². The van der Waals surface area contributed by atoms with Crippen molar-refractivity contribution >= 4 is 17.0 Å². The number of fused-ring (bicyclic) bond motifs is 2. The van der Waals surface area contributed by atoms with Crippen LogP contribution in [0.2, 0.25) is 0 Å². The quantitative estimate of drug-likeness (QED) is 0.481. The first-order valence-corrected chi connectivity index (χ1v) is 9.98. The topological polar surface area (TPSA) is 94.2 Å². The van der Waals surface area contributed by atoms with E-state index in [-0.39, 0.29) is 6.04 Å². The van der Waals surface area contributed by atoms with Gasteiger partial charge in [-0.15, -0.1) is 0 Å². The molecule has 4 rings (SSSR count). The van der Waals surface area contributed by atoms with Crippen LogP contribution in [0.15, 0.2) is 29.3 Å². The lowest BCUT2D eigenvalue weighted by Crippen LogP contribution is -2.47. The predicted molar refractivity (Wildman–Crippen MR) is 112 cm³/mol. The molecule has 1 aliphatic rings. The molecule has 0 spiro atoms. The van der Waals surface area contributed by atoms with E-state index in [1.807, 2.05) is 29.8 Å². The Hall–Kier alpha value is -2.94.